The van der Waals surface area contributed by atoms with E-state index in [1.165, 1.54) is 0 Å². The summed E-state index contributed by atoms with van der Waals surface area (Å²) in [5.74, 6) is 1.35. The Morgan fingerprint density at radius 3 is 2.93 bits per heavy atom. The lowest BCUT2D eigenvalue weighted by Gasteiger charge is -2.20. The van der Waals surface area contributed by atoms with E-state index in [9.17, 15) is 4.79 Å². The molecule has 2 heterocycles. The largest absolute Gasteiger partial charge is 0.491 e. The van der Waals surface area contributed by atoms with E-state index in [0.29, 0.717) is 53.3 Å². The van der Waals surface area contributed by atoms with E-state index in [4.69, 9.17) is 30.5 Å². The van der Waals surface area contributed by atoms with Crippen molar-refractivity contribution < 1.29 is 23.7 Å². The third-order valence-corrected chi connectivity index (χ3v) is 4.69. The molecule has 2 aliphatic heterocycles. The average Bonchev–Trinajstić information content (AvgIpc) is 3.20. The van der Waals surface area contributed by atoms with E-state index < -0.39 is 0 Å². The van der Waals surface area contributed by atoms with E-state index in [1.807, 2.05) is 12.1 Å². The molecule has 7 heteroatoms. The van der Waals surface area contributed by atoms with Crippen LogP contribution in [0.1, 0.15) is 23.2 Å². The number of benzene rings is 2. The predicted molar refractivity (Wildman–Crippen MR) is 101 cm³/mol. The molecule has 4 rings (SSSR count). The Morgan fingerprint density at radius 2 is 2.07 bits per heavy atom. The second kappa shape index (κ2) is 8.06. The second-order valence-electron chi connectivity index (χ2n) is 6.41. The summed E-state index contributed by atoms with van der Waals surface area (Å²) in [7, 11) is 0. The van der Waals surface area contributed by atoms with Gasteiger partial charge in [0.15, 0.2) is 11.5 Å². The van der Waals surface area contributed by atoms with Crippen molar-refractivity contribution in [1.29, 1.82) is 0 Å². The first-order valence-electron chi connectivity index (χ1n) is 8.94. The van der Waals surface area contributed by atoms with Gasteiger partial charge in [0.2, 0.25) is 0 Å². The monoisotopic (exact) mass is 389 g/mol. The van der Waals surface area contributed by atoms with Crippen LogP contribution in [0.3, 0.4) is 0 Å². The normalized spacial score (nSPS) is 18.2. The minimum absolute atomic E-state index is 0.142. The maximum absolute atomic E-state index is 12.6. The average molecular weight is 390 g/mol. The molecule has 0 aliphatic carbocycles. The molecule has 0 spiro atoms. The highest BCUT2D eigenvalue weighted by Gasteiger charge is 2.20. The van der Waals surface area contributed by atoms with E-state index in [2.05, 4.69) is 5.32 Å². The third-order valence-electron chi connectivity index (χ3n) is 4.41. The smallest absolute Gasteiger partial charge is 0.255 e. The van der Waals surface area contributed by atoms with Gasteiger partial charge in [-0.25, -0.2) is 0 Å². The lowest BCUT2D eigenvalue weighted by Crippen LogP contribution is -2.18. The lowest BCUT2D eigenvalue weighted by molar-refractivity contribution is 0.0680. The lowest BCUT2D eigenvalue weighted by atomic mass is 10.1. The molecule has 27 heavy (non-hydrogen) atoms. The number of carbonyl (C=O) groups excluding carboxylic acids is 1. The van der Waals surface area contributed by atoms with Gasteiger partial charge in [0, 0.05) is 23.9 Å². The molecule has 0 bridgehead atoms. The molecular formula is C20H20ClNO5. The predicted octanol–water partition coefficient (Wildman–Crippen LogP) is 3.92. The van der Waals surface area contributed by atoms with Gasteiger partial charge in [0.05, 0.1) is 11.1 Å². The summed E-state index contributed by atoms with van der Waals surface area (Å²) >= 11 is 6.21. The molecule has 0 saturated carbocycles. The number of carbonyl (C=O) groups is 1. The van der Waals surface area contributed by atoms with Gasteiger partial charge >= 0.3 is 0 Å². The molecule has 1 atom stereocenters. The van der Waals surface area contributed by atoms with Gasteiger partial charge in [-0.2, -0.15) is 0 Å². The molecule has 1 N–H and O–H groups in total. The highest BCUT2D eigenvalue weighted by Crippen LogP contribution is 2.38. The van der Waals surface area contributed by atoms with Crippen molar-refractivity contribution in [3.05, 3.63) is 47.0 Å². The standard InChI is InChI=1S/C20H20ClNO5/c21-17-9-13(10-18-19(17)26-8-7-25-18)20(23)22-14-3-1-4-15(11-14)27-12-16-5-2-6-24-16/h1,3-4,9-11,16H,2,5-8,12H2,(H,22,23)/t16-/m0/s1. The summed E-state index contributed by atoms with van der Waals surface area (Å²) < 4.78 is 22.3. The molecule has 1 saturated heterocycles. The molecule has 2 aromatic rings. The molecule has 2 aromatic carbocycles. The van der Waals surface area contributed by atoms with Crippen LogP contribution >= 0.6 is 11.6 Å². The van der Waals surface area contributed by atoms with Crippen molar-refractivity contribution in [3.8, 4) is 17.2 Å². The zero-order valence-electron chi connectivity index (χ0n) is 14.7. The zero-order valence-corrected chi connectivity index (χ0v) is 15.5. The van der Waals surface area contributed by atoms with Crippen molar-refractivity contribution in [2.75, 3.05) is 31.7 Å². The number of fused-ring (bicyclic) bond motifs is 1. The molecule has 0 radical (unpaired) electrons. The highest BCUT2D eigenvalue weighted by molar-refractivity contribution is 6.32. The van der Waals surface area contributed by atoms with Crippen LogP contribution in [-0.4, -0.2) is 38.4 Å². The van der Waals surface area contributed by atoms with Gasteiger partial charge in [-0.3, -0.25) is 4.79 Å². The Morgan fingerprint density at radius 1 is 1.19 bits per heavy atom. The van der Waals surface area contributed by atoms with E-state index >= 15 is 0 Å². The number of halogens is 1. The zero-order chi connectivity index (χ0) is 18.6. The fourth-order valence-corrected chi connectivity index (χ4v) is 3.34. The van der Waals surface area contributed by atoms with Crippen molar-refractivity contribution in [2.24, 2.45) is 0 Å². The van der Waals surface area contributed by atoms with Gasteiger partial charge in [0.1, 0.15) is 25.6 Å². The van der Waals surface area contributed by atoms with E-state index in [1.54, 1.807) is 24.3 Å². The molecule has 0 unspecified atom stereocenters. The Balaban J connectivity index is 1.43. The third kappa shape index (κ3) is 4.28. The number of nitrogens with one attached hydrogen (secondary N) is 1. The van der Waals surface area contributed by atoms with Crippen molar-refractivity contribution in [1.82, 2.24) is 0 Å². The first kappa shape index (κ1) is 17.9. The maximum Gasteiger partial charge on any atom is 0.255 e. The number of ether oxygens (including phenoxy) is 4. The summed E-state index contributed by atoms with van der Waals surface area (Å²) in [4.78, 5) is 12.6. The van der Waals surface area contributed by atoms with Crippen LogP contribution in [0.25, 0.3) is 0 Å². The Kier molecular flexibility index (Phi) is 5.36. The summed E-state index contributed by atoms with van der Waals surface area (Å²) in [5.41, 5.74) is 1.03. The van der Waals surface area contributed by atoms with Crippen LogP contribution in [0, 0.1) is 0 Å². The van der Waals surface area contributed by atoms with Gasteiger partial charge in [-0.15, -0.1) is 0 Å². The molecule has 0 aromatic heterocycles. The Bertz CT molecular complexity index is 835. The van der Waals surface area contributed by atoms with Gasteiger partial charge in [-0.05, 0) is 37.1 Å². The molecule has 142 valence electrons. The SMILES string of the molecule is O=C(Nc1cccc(OC[C@@H]2CCCO2)c1)c1cc(Cl)c2c(c1)OCCO2. The highest BCUT2D eigenvalue weighted by atomic mass is 35.5. The van der Waals surface area contributed by atoms with Gasteiger partial charge in [-0.1, -0.05) is 17.7 Å². The molecule has 6 nitrogen and oxygen atoms in total. The van der Waals surface area contributed by atoms with Crippen LogP contribution in [0.4, 0.5) is 5.69 Å². The molecule has 1 amide bonds. The number of hydrogen-bond donors (Lipinski definition) is 1. The summed E-state index contributed by atoms with van der Waals surface area (Å²) in [5, 5.41) is 3.21. The second-order valence-corrected chi connectivity index (χ2v) is 6.82. The van der Waals surface area contributed by atoms with Crippen molar-refractivity contribution in [2.45, 2.75) is 18.9 Å². The minimum Gasteiger partial charge on any atom is -0.491 e. The Hall–Kier alpha value is -2.44. The fourth-order valence-electron chi connectivity index (χ4n) is 3.07. The quantitative estimate of drug-likeness (QED) is 0.839. The van der Waals surface area contributed by atoms with Crippen molar-refractivity contribution in [3.63, 3.8) is 0 Å². The number of anilines is 1. The molecular weight excluding hydrogens is 370 g/mol. The van der Waals surface area contributed by atoms with Crippen molar-refractivity contribution >= 4 is 23.2 Å². The van der Waals surface area contributed by atoms with Crippen LogP contribution in [0.5, 0.6) is 17.2 Å². The Labute approximate surface area is 162 Å². The number of amides is 1. The topological polar surface area (TPSA) is 66.0 Å². The van der Waals surface area contributed by atoms with Crippen LogP contribution in [0.15, 0.2) is 36.4 Å². The van der Waals surface area contributed by atoms with Crippen LogP contribution < -0.4 is 19.5 Å². The van der Waals surface area contributed by atoms with Crippen LogP contribution in [-0.2, 0) is 4.74 Å². The number of rotatable bonds is 5. The fraction of sp³-hybridized carbons (Fsp3) is 0.350. The first-order chi connectivity index (χ1) is 13.2. The first-order valence-corrected chi connectivity index (χ1v) is 9.32. The molecule has 1 fully saturated rings. The molecule has 2 aliphatic rings. The summed E-state index contributed by atoms with van der Waals surface area (Å²) in [6.45, 7) is 2.17. The maximum atomic E-state index is 12.6. The van der Waals surface area contributed by atoms with E-state index in [0.717, 1.165) is 19.4 Å². The summed E-state index contributed by atoms with van der Waals surface area (Å²) in [6, 6.07) is 10.5. The van der Waals surface area contributed by atoms with Gasteiger partial charge < -0.3 is 24.3 Å². The van der Waals surface area contributed by atoms with Crippen LogP contribution in [0.2, 0.25) is 5.02 Å². The van der Waals surface area contributed by atoms with Gasteiger partial charge in [0.25, 0.3) is 5.91 Å². The minimum atomic E-state index is -0.287. The number of hydrogen-bond acceptors (Lipinski definition) is 5. The summed E-state index contributed by atoms with van der Waals surface area (Å²) in [6.07, 6.45) is 2.23. The van der Waals surface area contributed by atoms with E-state index in [-0.39, 0.29) is 12.0 Å².